The second-order valence-corrected chi connectivity index (χ2v) is 4.50. The Morgan fingerprint density at radius 1 is 1.42 bits per heavy atom. The van der Waals surface area contributed by atoms with Crippen molar-refractivity contribution in [1.29, 1.82) is 0 Å². The van der Waals surface area contributed by atoms with Gasteiger partial charge in [-0.3, -0.25) is 4.68 Å². The first-order valence-corrected chi connectivity index (χ1v) is 5.73. The van der Waals surface area contributed by atoms with Crippen LogP contribution in [-0.4, -0.2) is 19.9 Å². The summed E-state index contributed by atoms with van der Waals surface area (Å²) in [5.74, 6) is 0. The molecule has 0 amide bonds. The quantitative estimate of drug-likeness (QED) is 0.605. The van der Waals surface area contributed by atoms with Gasteiger partial charge < -0.3 is 4.84 Å². The van der Waals surface area contributed by atoms with Gasteiger partial charge >= 0.3 is 0 Å². The van der Waals surface area contributed by atoms with Crippen molar-refractivity contribution in [3.63, 3.8) is 0 Å². The highest BCUT2D eigenvalue weighted by molar-refractivity contribution is 5.26. The summed E-state index contributed by atoms with van der Waals surface area (Å²) in [6.07, 6.45) is 2.87. The number of aryl methyl sites for hydroxylation is 1. The lowest BCUT2D eigenvalue weighted by Gasteiger charge is -2.27. The molecule has 0 fully saturated rings. The molecule has 19 heavy (non-hydrogen) atoms. The molecule has 0 aliphatic heterocycles. The lowest BCUT2D eigenvalue weighted by atomic mass is 9.95. The molecule has 0 spiro atoms. The maximum Gasteiger partial charge on any atom is 0.295 e. The standard InChI is InChI=1S/C12H14N4O3/c1-10-3-5-11(6-4-10)12(2,19-16(17)18)7-15-9-13-8-14-15/h3-6,8-9H,7H2,1-2H3. The minimum Gasteiger partial charge on any atom is -0.301 e. The molecule has 0 saturated carbocycles. The Morgan fingerprint density at radius 2 is 2.11 bits per heavy atom. The van der Waals surface area contributed by atoms with Crippen LogP contribution in [0.2, 0.25) is 0 Å². The van der Waals surface area contributed by atoms with E-state index >= 15 is 0 Å². The van der Waals surface area contributed by atoms with E-state index in [9.17, 15) is 10.1 Å². The van der Waals surface area contributed by atoms with Crippen LogP contribution in [0.4, 0.5) is 0 Å². The van der Waals surface area contributed by atoms with E-state index in [1.54, 1.807) is 6.92 Å². The molecule has 0 radical (unpaired) electrons. The third-order valence-corrected chi connectivity index (χ3v) is 2.87. The number of hydrogen-bond donors (Lipinski definition) is 0. The molecule has 1 atom stereocenters. The highest BCUT2D eigenvalue weighted by atomic mass is 17.0. The molecule has 7 nitrogen and oxygen atoms in total. The van der Waals surface area contributed by atoms with E-state index in [1.165, 1.54) is 17.3 Å². The van der Waals surface area contributed by atoms with Gasteiger partial charge in [-0.15, -0.1) is 10.1 Å². The summed E-state index contributed by atoms with van der Waals surface area (Å²) in [5, 5.41) is 13.9. The first kappa shape index (κ1) is 13.0. The van der Waals surface area contributed by atoms with Crippen LogP contribution in [0.15, 0.2) is 36.9 Å². The van der Waals surface area contributed by atoms with Crippen molar-refractivity contribution in [2.24, 2.45) is 0 Å². The molecule has 2 rings (SSSR count). The van der Waals surface area contributed by atoms with Gasteiger partial charge in [0.2, 0.25) is 0 Å². The maximum atomic E-state index is 10.7. The van der Waals surface area contributed by atoms with Gasteiger partial charge in [-0.1, -0.05) is 29.8 Å². The van der Waals surface area contributed by atoms with Crippen LogP contribution in [-0.2, 0) is 17.0 Å². The normalized spacial score (nSPS) is 13.8. The molecular weight excluding hydrogens is 248 g/mol. The van der Waals surface area contributed by atoms with Crippen LogP contribution >= 0.6 is 0 Å². The first-order chi connectivity index (χ1) is 8.99. The van der Waals surface area contributed by atoms with Crippen molar-refractivity contribution in [2.45, 2.75) is 26.0 Å². The molecule has 0 N–H and O–H groups in total. The van der Waals surface area contributed by atoms with Gasteiger partial charge in [0, 0.05) is 0 Å². The zero-order valence-corrected chi connectivity index (χ0v) is 10.7. The van der Waals surface area contributed by atoms with Crippen molar-refractivity contribution >= 4 is 0 Å². The topological polar surface area (TPSA) is 83.1 Å². The van der Waals surface area contributed by atoms with E-state index < -0.39 is 10.7 Å². The summed E-state index contributed by atoms with van der Waals surface area (Å²) in [4.78, 5) is 19.4. The van der Waals surface area contributed by atoms with Gasteiger partial charge in [-0.2, -0.15) is 5.10 Å². The molecule has 1 aromatic carbocycles. The van der Waals surface area contributed by atoms with Crippen molar-refractivity contribution in [3.8, 4) is 0 Å². The van der Waals surface area contributed by atoms with Crippen LogP contribution in [0, 0.1) is 17.0 Å². The van der Waals surface area contributed by atoms with Gasteiger partial charge in [-0.05, 0) is 19.4 Å². The Bertz CT molecular complexity index is 553. The van der Waals surface area contributed by atoms with Crippen molar-refractivity contribution in [2.75, 3.05) is 0 Å². The zero-order valence-electron chi connectivity index (χ0n) is 10.7. The Morgan fingerprint density at radius 3 is 2.63 bits per heavy atom. The fraction of sp³-hybridized carbons (Fsp3) is 0.333. The van der Waals surface area contributed by atoms with Crippen LogP contribution in [0.3, 0.4) is 0 Å². The molecule has 0 bridgehead atoms. The van der Waals surface area contributed by atoms with Crippen LogP contribution in [0.1, 0.15) is 18.1 Å². The molecule has 0 aliphatic carbocycles. The van der Waals surface area contributed by atoms with Crippen LogP contribution in [0.25, 0.3) is 0 Å². The second-order valence-electron chi connectivity index (χ2n) is 4.50. The smallest absolute Gasteiger partial charge is 0.295 e. The Hall–Kier alpha value is -2.44. The maximum absolute atomic E-state index is 10.7. The first-order valence-electron chi connectivity index (χ1n) is 5.73. The predicted octanol–water partition coefficient (Wildman–Crippen LogP) is 1.71. The highest BCUT2D eigenvalue weighted by Crippen LogP contribution is 2.27. The number of hydrogen-bond acceptors (Lipinski definition) is 5. The van der Waals surface area contributed by atoms with E-state index in [2.05, 4.69) is 10.1 Å². The molecule has 7 heteroatoms. The molecule has 0 saturated heterocycles. The predicted molar refractivity (Wildman–Crippen MR) is 66.6 cm³/mol. The van der Waals surface area contributed by atoms with Gasteiger partial charge in [-0.25, -0.2) is 4.98 Å². The van der Waals surface area contributed by atoms with E-state index in [-0.39, 0.29) is 6.54 Å². The number of rotatable bonds is 5. The molecule has 2 aromatic rings. The average molecular weight is 262 g/mol. The summed E-state index contributed by atoms with van der Waals surface area (Å²) in [6.45, 7) is 3.81. The van der Waals surface area contributed by atoms with E-state index in [1.807, 2.05) is 31.2 Å². The van der Waals surface area contributed by atoms with E-state index in [4.69, 9.17) is 4.84 Å². The lowest BCUT2D eigenvalue weighted by molar-refractivity contribution is -0.784. The number of aromatic nitrogens is 3. The third kappa shape index (κ3) is 3.06. The minimum atomic E-state index is -1.11. The van der Waals surface area contributed by atoms with Crippen molar-refractivity contribution in [3.05, 3.63) is 58.2 Å². The van der Waals surface area contributed by atoms with Gasteiger partial charge in [0.05, 0.1) is 6.54 Å². The molecule has 1 aromatic heterocycles. The number of nitrogens with zero attached hydrogens (tertiary/aromatic N) is 4. The summed E-state index contributed by atoms with van der Waals surface area (Å²) in [5.41, 5.74) is 0.684. The summed E-state index contributed by atoms with van der Waals surface area (Å²) in [7, 11) is 0. The van der Waals surface area contributed by atoms with E-state index in [0.29, 0.717) is 5.56 Å². The van der Waals surface area contributed by atoms with E-state index in [0.717, 1.165) is 5.56 Å². The summed E-state index contributed by atoms with van der Waals surface area (Å²) < 4.78 is 1.50. The molecule has 1 unspecified atom stereocenters. The molecule has 100 valence electrons. The van der Waals surface area contributed by atoms with Gasteiger partial charge in [0.25, 0.3) is 5.09 Å². The fourth-order valence-electron chi connectivity index (χ4n) is 1.87. The molecule has 1 heterocycles. The summed E-state index contributed by atoms with van der Waals surface area (Å²) in [6, 6.07) is 7.40. The van der Waals surface area contributed by atoms with Crippen LogP contribution in [0.5, 0.6) is 0 Å². The third-order valence-electron chi connectivity index (χ3n) is 2.87. The fourth-order valence-corrected chi connectivity index (χ4v) is 1.87. The molecule has 0 aliphatic rings. The van der Waals surface area contributed by atoms with Crippen molar-refractivity contribution in [1.82, 2.24) is 14.8 Å². The Labute approximate surface area is 109 Å². The van der Waals surface area contributed by atoms with Gasteiger partial charge in [0.15, 0.2) is 5.60 Å². The highest BCUT2D eigenvalue weighted by Gasteiger charge is 2.32. The monoisotopic (exact) mass is 262 g/mol. The largest absolute Gasteiger partial charge is 0.301 e. The minimum absolute atomic E-state index is 0.205. The Kier molecular flexibility index (Phi) is 3.46. The lowest BCUT2D eigenvalue weighted by Crippen LogP contribution is -2.34. The Balaban J connectivity index is 2.33. The number of benzene rings is 1. The SMILES string of the molecule is Cc1ccc(C(C)(Cn2cncn2)O[N+](=O)[O-])cc1. The van der Waals surface area contributed by atoms with Crippen LogP contribution < -0.4 is 0 Å². The average Bonchev–Trinajstić information content (AvgIpc) is 2.81. The van der Waals surface area contributed by atoms with Crippen molar-refractivity contribution < 1.29 is 9.92 Å². The zero-order chi connectivity index (χ0) is 13.9. The van der Waals surface area contributed by atoms with Gasteiger partial charge in [0.1, 0.15) is 12.7 Å². The second kappa shape index (κ2) is 5.05. The molecular formula is C12H14N4O3. The summed E-state index contributed by atoms with van der Waals surface area (Å²) >= 11 is 0.